The average molecular weight is 377 g/mol. The molecule has 0 radical (unpaired) electrons. The van der Waals surface area contributed by atoms with Crippen LogP contribution in [0.1, 0.15) is 48.7 Å². The van der Waals surface area contributed by atoms with Crippen molar-refractivity contribution >= 4 is 23.2 Å². The van der Waals surface area contributed by atoms with Gasteiger partial charge in [0, 0.05) is 42.9 Å². The van der Waals surface area contributed by atoms with Crippen LogP contribution in [0.25, 0.3) is 0 Å². The number of nitrogens with zero attached hydrogens (tertiary/aromatic N) is 1. The molecule has 1 fully saturated rings. The smallest absolute Gasteiger partial charge is 0.251 e. The zero-order chi connectivity index (χ0) is 19.8. The van der Waals surface area contributed by atoms with Gasteiger partial charge in [0.05, 0.1) is 6.04 Å². The summed E-state index contributed by atoms with van der Waals surface area (Å²) in [6.07, 6.45) is 2.38. The van der Waals surface area contributed by atoms with Gasteiger partial charge in [-0.2, -0.15) is 0 Å². The van der Waals surface area contributed by atoms with E-state index in [4.69, 9.17) is 0 Å². The number of fused-ring (bicyclic) bond motifs is 1. The Balaban J connectivity index is 1.68. The summed E-state index contributed by atoms with van der Waals surface area (Å²) in [5.41, 5.74) is 3.79. The minimum atomic E-state index is -0.0890. The van der Waals surface area contributed by atoms with Crippen LogP contribution in [0.4, 0.5) is 11.4 Å². The van der Waals surface area contributed by atoms with Crippen LogP contribution >= 0.6 is 0 Å². The van der Waals surface area contributed by atoms with Gasteiger partial charge in [-0.15, -0.1) is 0 Å². The average Bonchev–Trinajstić information content (AvgIpc) is 3.54. The fraction of sp³-hybridized carbons (Fsp3) is 0.391. The van der Waals surface area contributed by atoms with Gasteiger partial charge >= 0.3 is 0 Å². The Labute approximate surface area is 166 Å². The molecule has 4 rings (SSSR count). The Morgan fingerprint density at radius 2 is 1.71 bits per heavy atom. The van der Waals surface area contributed by atoms with Crippen molar-refractivity contribution in [2.45, 2.75) is 38.8 Å². The number of anilines is 2. The summed E-state index contributed by atoms with van der Waals surface area (Å²) < 4.78 is 0. The fourth-order valence-corrected chi connectivity index (χ4v) is 4.55. The summed E-state index contributed by atoms with van der Waals surface area (Å²) in [6.45, 7) is 3.91. The molecule has 1 saturated carbocycles. The first-order valence-electron chi connectivity index (χ1n) is 9.98. The van der Waals surface area contributed by atoms with Crippen LogP contribution in [-0.2, 0) is 4.79 Å². The van der Waals surface area contributed by atoms with Gasteiger partial charge in [0.1, 0.15) is 0 Å². The minimum absolute atomic E-state index is 0.0890. The molecule has 2 aromatic carbocycles. The highest BCUT2D eigenvalue weighted by Gasteiger charge is 2.47. The lowest BCUT2D eigenvalue weighted by Gasteiger charge is -2.46. The van der Waals surface area contributed by atoms with Crippen LogP contribution < -0.4 is 15.5 Å². The molecule has 3 unspecified atom stereocenters. The van der Waals surface area contributed by atoms with Gasteiger partial charge in [0.15, 0.2) is 0 Å². The van der Waals surface area contributed by atoms with E-state index in [1.165, 1.54) is 12.8 Å². The summed E-state index contributed by atoms with van der Waals surface area (Å²) in [7, 11) is 1.63. The highest BCUT2D eigenvalue weighted by molar-refractivity contribution is 5.95. The van der Waals surface area contributed by atoms with Gasteiger partial charge in [0.25, 0.3) is 5.91 Å². The third-order valence-electron chi connectivity index (χ3n) is 6.03. The first-order chi connectivity index (χ1) is 13.5. The Bertz CT molecular complexity index is 889. The Kier molecular flexibility index (Phi) is 4.84. The van der Waals surface area contributed by atoms with Gasteiger partial charge in [-0.05, 0) is 54.7 Å². The van der Waals surface area contributed by atoms with E-state index in [0.29, 0.717) is 11.5 Å². The summed E-state index contributed by atoms with van der Waals surface area (Å²) in [4.78, 5) is 26.3. The second-order valence-corrected chi connectivity index (χ2v) is 7.91. The van der Waals surface area contributed by atoms with E-state index in [1.807, 2.05) is 41.3 Å². The Morgan fingerprint density at radius 1 is 1.04 bits per heavy atom. The van der Waals surface area contributed by atoms with E-state index in [9.17, 15) is 9.59 Å². The van der Waals surface area contributed by atoms with Crippen molar-refractivity contribution in [1.82, 2.24) is 5.32 Å². The molecule has 0 bridgehead atoms. The molecule has 146 valence electrons. The van der Waals surface area contributed by atoms with Crippen molar-refractivity contribution in [2.75, 3.05) is 17.3 Å². The van der Waals surface area contributed by atoms with Crippen molar-refractivity contribution in [3.8, 4) is 0 Å². The Morgan fingerprint density at radius 3 is 2.32 bits per heavy atom. The molecule has 2 aromatic rings. The molecule has 0 aromatic heterocycles. The molecular formula is C23H27N3O2. The molecule has 0 spiro atoms. The van der Waals surface area contributed by atoms with Crippen molar-refractivity contribution in [3.63, 3.8) is 0 Å². The second-order valence-electron chi connectivity index (χ2n) is 7.91. The van der Waals surface area contributed by atoms with Gasteiger partial charge in [-0.25, -0.2) is 0 Å². The second kappa shape index (κ2) is 7.30. The molecule has 5 heteroatoms. The highest BCUT2D eigenvalue weighted by atomic mass is 16.2. The highest BCUT2D eigenvalue weighted by Crippen LogP contribution is 2.49. The van der Waals surface area contributed by atoms with Crippen LogP contribution in [-0.4, -0.2) is 24.9 Å². The van der Waals surface area contributed by atoms with Crippen LogP contribution in [0, 0.1) is 11.8 Å². The van der Waals surface area contributed by atoms with E-state index >= 15 is 0 Å². The number of hydrogen-bond donors (Lipinski definition) is 2. The third kappa shape index (κ3) is 3.26. The molecule has 1 aliphatic heterocycles. The van der Waals surface area contributed by atoms with Crippen LogP contribution in [0.5, 0.6) is 0 Å². The largest absolute Gasteiger partial charge is 0.378 e. The molecule has 5 nitrogen and oxygen atoms in total. The topological polar surface area (TPSA) is 61.4 Å². The predicted molar refractivity (Wildman–Crippen MR) is 111 cm³/mol. The van der Waals surface area contributed by atoms with Crippen LogP contribution in [0.15, 0.2) is 48.5 Å². The number of rotatable bonds is 4. The van der Waals surface area contributed by atoms with E-state index in [-0.39, 0.29) is 29.8 Å². The lowest BCUT2D eigenvalue weighted by molar-refractivity contribution is -0.117. The number of hydrogen-bond acceptors (Lipinski definition) is 3. The van der Waals surface area contributed by atoms with Gasteiger partial charge in [0.2, 0.25) is 5.91 Å². The maximum Gasteiger partial charge on any atom is 0.251 e. The van der Waals surface area contributed by atoms with Gasteiger partial charge < -0.3 is 15.5 Å². The maximum atomic E-state index is 12.5. The molecular weight excluding hydrogens is 350 g/mol. The van der Waals surface area contributed by atoms with Crippen molar-refractivity contribution < 1.29 is 9.59 Å². The Hall–Kier alpha value is -2.82. The normalized spacial score (nSPS) is 23.7. The van der Waals surface area contributed by atoms with Crippen molar-refractivity contribution in [1.29, 1.82) is 0 Å². The molecule has 0 saturated heterocycles. The number of para-hydroxylation sites is 1. The molecule has 1 heterocycles. The zero-order valence-corrected chi connectivity index (χ0v) is 16.6. The maximum absolute atomic E-state index is 12.5. The minimum Gasteiger partial charge on any atom is -0.378 e. The molecule has 2 amide bonds. The molecule has 2 aliphatic rings. The number of nitrogens with one attached hydrogen (secondary N) is 2. The summed E-state index contributed by atoms with van der Waals surface area (Å²) in [6, 6.07) is 16.1. The van der Waals surface area contributed by atoms with Gasteiger partial charge in [-0.3, -0.25) is 9.59 Å². The van der Waals surface area contributed by atoms with Crippen LogP contribution in [0.3, 0.4) is 0 Å². The SMILES string of the molecule is CNC(=O)c1ccc(NC2c3ccccc3N(C(C)=O)C(C3CC3)C2C)cc1. The molecule has 28 heavy (non-hydrogen) atoms. The summed E-state index contributed by atoms with van der Waals surface area (Å²) >= 11 is 0. The lowest BCUT2D eigenvalue weighted by Crippen LogP contribution is -2.51. The van der Waals surface area contributed by atoms with Crippen molar-refractivity contribution in [3.05, 3.63) is 59.7 Å². The predicted octanol–water partition coefficient (Wildman–Crippen LogP) is 3.98. The van der Waals surface area contributed by atoms with Crippen molar-refractivity contribution in [2.24, 2.45) is 11.8 Å². The third-order valence-corrected chi connectivity index (χ3v) is 6.03. The summed E-state index contributed by atoms with van der Waals surface area (Å²) in [5.74, 6) is 0.885. The van der Waals surface area contributed by atoms with E-state index in [1.54, 1.807) is 14.0 Å². The zero-order valence-electron chi connectivity index (χ0n) is 16.6. The number of benzene rings is 2. The fourth-order valence-electron chi connectivity index (χ4n) is 4.55. The summed E-state index contributed by atoms with van der Waals surface area (Å²) in [5, 5.41) is 6.32. The standard InChI is InChI=1S/C23H27N3O2/c1-14-21(25-18-12-10-17(11-13-18)23(28)24-3)19-6-4-5-7-20(19)26(15(2)27)22(14)16-8-9-16/h4-7,10-14,16,21-22,25H,8-9H2,1-3H3,(H,24,28). The van der Waals surface area contributed by atoms with E-state index in [2.05, 4.69) is 29.7 Å². The number of carbonyl (C=O) groups is 2. The first kappa shape index (κ1) is 18.5. The van der Waals surface area contributed by atoms with Gasteiger partial charge in [-0.1, -0.05) is 25.1 Å². The first-order valence-corrected chi connectivity index (χ1v) is 9.98. The van der Waals surface area contributed by atoms with Crippen LogP contribution in [0.2, 0.25) is 0 Å². The molecule has 1 aliphatic carbocycles. The lowest BCUT2D eigenvalue weighted by atomic mass is 9.80. The monoisotopic (exact) mass is 377 g/mol. The van der Waals surface area contributed by atoms with E-state index < -0.39 is 0 Å². The number of amides is 2. The van der Waals surface area contributed by atoms with E-state index in [0.717, 1.165) is 16.9 Å². The number of carbonyl (C=O) groups excluding carboxylic acids is 2. The quantitative estimate of drug-likeness (QED) is 0.847. The molecule has 3 atom stereocenters. The molecule has 2 N–H and O–H groups in total.